The Kier molecular flexibility index (Phi) is 4.71. The number of aryl methyl sites for hydroxylation is 1. The lowest BCUT2D eigenvalue weighted by molar-refractivity contribution is -0.122. The average Bonchev–Trinajstić information content (AvgIpc) is 3.13. The minimum atomic E-state index is -0.0422. The second-order valence-corrected chi connectivity index (χ2v) is 7.26. The van der Waals surface area contributed by atoms with Crippen molar-refractivity contribution in [2.45, 2.75) is 25.7 Å². The van der Waals surface area contributed by atoms with Crippen LogP contribution in [0.3, 0.4) is 0 Å². The number of aldehydes is 1. The summed E-state index contributed by atoms with van der Waals surface area (Å²) in [6.45, 7) is 0. The topological polar surface area (TPSA) is 76.9 Å². The monoisotopic (exact) mass is 362 g/mol. The number of hydrogen-bond donors (Lipinski definition) is 1. The Morgan fingerprint density at radius 3 is 2.67 bits per heavy atom. The Morgan fingerprint density at radius 2 is 1.96 bits per heavy atom. The van der Waals surface area contributed by atoms with Crippen LogP contribution in [0.25, 0.3) is 22.0 Å². The standard InChI is InChI=1S/C21H22N4O2/c1-25-13-22-11-19(25)16-6-7-17-10-23-20(9-18(17)8-16)24-21(27)15-4-2-14(12-26)3-5-15/h6-15H,2-5H2,1H3,(H,23,24,27)/t14-,15-. The molecule has 6 heteroatoms. The van der Waals surface area contributed by atoms with Crippen LogP contribution in [-0.4, -0.2) is 26.7 Å². The van der Waals surface area contributed by atoms with E-state index < -0.39 is 0 Å². The molecule has 0 radical (unpaired) electrons. The summed E-state index contributed by atoms with van der Waals surface area (Å²) in [6.07, 6.45) is 9.50. The number of nitrogens with zero attached hydrogens (tertiary/aromatic N) is 3. The molecule has 1 amide bonds. The van der Waals surface area contributed by atoms with Crippen LogP contribution in [0.15, 0.2) is 43.0 Å². The van der Waals surface area contributed by atoms with E-state index in [-0.39, 0.29) is 17.7 Å². The largest absolute Gasteiger partial charge is 0.334 e. The fraction of sp³-hybridized carbons (Fsp3) is 0.333. The summed E-state index contributed by atoms with van der Waals surface area (Å²) in [5, 5.41) is 4.98. The molecule has 1 N–H and O–H groups in total. The molecule has 0 bridgehead atoms. The van der Waals surface area contributed by atoms with Crippen molar-refractivity contribution in [2.75, 3.05) is 5.32 Å². The van der Waals surface area contributed by atoms with E-state index in [0.717, 1.165) is 54.0 Å². The molecule has 6 nitrogen and oxygen atoms in total. The number of aromatic nitrogens is 3. The van der Waals surface area contributed by atoms with E-state index in [1.54, 1.807) is 12.5 Å². The summed E-state index contributed by atoms with van der Waals surface area (Å²) >= 11 is 0. The number of rotatable bonds is 4. The average molecular weight is 362 g/mol. The number of benzene rings is 1. The molecule has 0 aliphatic heterocycles. The van der Waals surface area contributed by atoms with Crippen molar-refractivity contribution < 1.29 is 9.59 Å². The first-order chi connectivity index (χ1) is 13.1. The van der Waals surface area contributed by atoms with Crippen LogP contribution in [0.5, 0.6) is 0 Å². The van der Waals surface area contributed by atoms with E-state index in [9.17, 15) is 9.59 Å². The van der Waals surface area contributed by atoms with Gasteiger partial charge in [0.15, 0.2) is 0 Å². The van der Waals surface area contributed by atoms with E-state index in [0.29, 0.717) is 5.82 Å². The molecule has 1 aliphatic carbocycles. The SMILES string of the molecule is Cn1cncc1-c1ccc2cnc(NC(=O)[C@H]3CC[C@H](C=O)CC3)cc2c1. The summed E-state index contributed by atoms with van der Waals surface area (Å²) in [4.78, 5) is 32.0. The van der Waals surface area contributed by atoms with E-state index in [2.05, 4.69) is 21.4 Å². The number of amides is 1. The molecular formula is C21H22N4O2. The minimum Gasteiger partial charge on any atom is -0.334 e. The van der Waals surface area contributed by atoms with Gasteiger partial charge in [-0.15, -0.1) is 0 Å². The number of anilines is 1. The van der Waals surface area contributed by atoms with E-state index in [1.165, 1.54) is 0 Å². The molecule has 1 saturated carbocycles. The van der Waals surface area contributed by atoms with Crippen LogP contribution in [0.4, 0.5) is 5.82 Å². The van der Waals surface area contributed by atoms with Crippen molar-refractivity contribution in [1.82, 2.24) is 14.5 Å². The van der Waals surface area contributed by atoms with Crippen LogP contribution >= 0.6 is 0 Å². The molecule has 2 aromatic heterocycles. The van der Waals surface area contributed by atoms with Gasteiger partial charge in [0.25, 0.3) is 0 Å². The Balaban J connectivity index is 1.53. The molecule has 27 heavy (non-hydrogen) atoms. The van der Waals surface area contributed by atoms with Crippen LogP contribution in [0.1, 0.15) is 25.7 Å². The van der Waals surface area contributed by atoms with Gasteiger partial charge < -0.3 is 14.7 Å². The molecule has 1 aromatic carbocycles. The predicted molar refractivity (Wildman–Crippen MR) is 104 cm³/mol. The highest BCUT2D eigenvalue weighted by Gasteiger charge is 2.26. The van der Waals surface area contributed by atoms with Gasteiger partial charge in [-0.1, -0.05) is 12.1 Å². The van der Waals surface area contributed by atoms with Crippen molar-refractivity contribution in [3.63, 3.8) is 0 Å². The van der Waals surface area contributed by atoms with Gasteiger partial charge in [-0.25, -0.2) is 9.97 Å². The maximum atomic E-state index is 12.5. The van der Waals surface area contributed by atoms with Crippen molar-refractivity contribution in [1.29, 1.82) is 0 Å². The first kappa shape index (κ1) is 17.4. The number of fused-ring (bicyclic) bond motifs is 1. The zero-order chi connectivity index (χ0) is 18.8. The van der Waals surface area contributed by atoms with Crippen molar-refractivity contribution >= 4 is 28.8 Å². The normalized spacial score (nSPS) is 19.7. The third kappa shape index (κ3) is 3.60. The van der Waals surface area contributed by atoms with Gasteiger partial charge in [0.05, 0.1) is 18.2 Å². The Bertz CT molecular complexity index is 987. The zero-order valence-corrected chi connectivity index (χ0v) is 15.3. The van der Waals surface area contributed by atoms with Gasteiger partial charge in [-0.05, 0) is 43.2 Å². The fourth-order valence-electron chi connectivity index (χ4n) is 3.75. The Morgan fingerprint density at radius 1 is 1.15 bits per heavy atom. The second-order valence-electron chi connectivity index (χ2n) is 7.26. The highest BCUT2D eigenvalue weighted by atomic mass is 16.2. The molecule has 3 aromatic rings. The third-order valence-electron chi connectivity index (χ3n) is 5.42. The lowest BCUT2D eigenvalue weighted by Crippen LogP contribution is -2.27. The fourth-order valence-corrected chi connectivity index (χ4v) is 3.75. The van der Waals surface area contributed by atoms with Crippen molar-refractivity contribution in [3.05, 3.63) is 43.0 Å². The summed E-state index contributed by atoms with van der Waals surface area (Å²) in [5.41, 5.74) is 2.10. The van der Waals surface area contributed by atoms with Gasteiger partial charge in [0.1, 0.15) is 12.1 Å². The molecule has 1 fully saturated rings. The highest BCUT2D eigenvalue weighted by molar-refractivity contribution is 5.95. The second kappa shape index (κ2) is 7.31. The number of hydrogen-bond acceptors (Lipinski definition) is 4. The molecule has 2 heterocycles. The molecule has 0 saturated heterocycles. The lowest BCUT2D eigenvalue weighted by atomic mass is 9.82. The molecule has 0 unspecified atom stereocenters. The van der Waals surface area contributed by atoms with Gasteiger partial charge in [0, 0.05) is 36.0 Å². The maximum Gasteiger partial charge on any atom is 0.228 e. The van der Waals surface area contributed by atoms with Crippen molar-refractivity contribution in [3.8, 4) is 11.3 Å². The number of nitrogens with one attached hydrogen (secondary N) is 1. The van der Waals surface area contributed by atoms with Gasteiger partial charge in [-0.3, -0.25) is 4.79 Å². The zero-order valence-electron chi connectivity index (χ0n) is 15.3. The van der Waals surface area contributed by atoms with Gasteiger partial charge >= 0.3 is 0 Å². The molecule has 4 rings (SSSR count). The summed E-state index contributed by atoms with van der Waals surface area (Å²) in [5.74, 6) is 0.624. The van der Waals surface area contributed by atoms with E-state index >= 15 is 0 Å². The Labute approximate surface area is 157 Å². The van der Waals surface area contributed by atoms with Crippen LogP contribution in [0, 0.1) is 11.8 Å². The third-order valence-corrected chi connectivity index (χ3v) is 5.42. The molecule has 0 spiro atoms. The highest BCUT2D eigenvalue weighted by Crippen LogP contribution is 2.29. The minimum absolute atomic E-state index is 0.00557. The summed E-state index contributed by atoms with van der Waals surface area (Å²) in [7, 11) is 1.96. The van der Waals surface area contributed by atoms with Crippen LogP contribution in [0.2, 0.25) is 0 Å². The number of carbonyl (C=O) groups is 2. The summed E-state index contributed by atoms with van der Waals surface area (Å²) < 4.78 is 1.97. The molecule has 138 valence electrons. The first-order valence-electron chi connectivity index (χ1n) is 9.26. The number of imidazole rings is 1. The van der Waals surface area contributed by atoms with E-state index in [1.807, 2.05) is 36.0 Å². The number of carbonyl (C=O) groups excluding carboxylic acids is 2. The van der Waals surface area contributed by atoms with Crippen LogP contribution < -0.4 is 5.32 Å². The quantitative estimate of drug-likeness (QED) is 0.720. The molecule has 1 aliphatic rings. The van der Waals surface area contributed by atoms with Gasteiger partial charge in [0.2, 0.25) is 5.91 Å². The first-order valence-corrected chi connectivity index (χ1v) is 9.26. The number of pyridine rings is 1. The lowest BCUT2D eigenvalue weighted by Gasteiger charge is -2.24. The van der Waals surface area contributed by atoms with E-state index in [4.69, 9.17) is 0 Å². The smallest absolute Gasteiger partial charge is 0.228 e. The maximum absolute atomic E-state index is 12.5. The Hall–Kier alpha value is -3.02. The van der Waals surface area contributed by atoms with Gasteiger partial charge in [-0.2, -0.15) is 0 Å². The predicted octanol–water partition coefficient (Wildman–Crippen LogP) is 3.58. The molecule has 0 atom stereocenters. The summed E-state index contributed by atoms with van der Waals surface area (Å²) in [6, 6.07) is 8.06. The molecular weight excluding hydrogens is 340 g/mol. The van der Waals surface area contributed by atoms with Crippen molar-refractivity contribution in [2.24, 2.45) is 18.9 Å². The van der Waals surface area contributed by atoms with Crippen LogP contribution in [-0.2, 0) is 16.6 Å².